The van der Waals surface area contributed by atoms with Gasteiger partial charge in [-0.3, -0.25) is 4.58 Å². The molecule has 0 radical (unpaired) electrons. The van der Waals surface area contributed by atoms with Crippen LogP contribution in [0, 0.1) is 0 Å². The molecule has 0 saturated heterocycles. The molecule has 0 saturated carbocycles. The van der Waals surface area contributed by atoms with Crippen LogP contribution in [-0.4, -0.2) is 35.7 Å². The van der Waals surface area contributed by atoms with Gasteiger partial charge in [0.2, 0.25) is 0 Å². The molecule has 0 aliphatic carbocycles. The molecule has 2 aromatic carbocycles. The molecule has 4 rings (SSSR count). The summed E-state index contributed by atoms with van der Waals surface area (Å²) in [5.74, 6) is 1.53. The first-order valence-corrected chi connectivity index (χ1v) is 9.78. The Labute approximate surface area is 167 Å². The van der Waals surface area contributed by atoms with Gasteiger partial charge >= 0.3 is 6.18 Å². The van der Waals surface area contributed by atoms with Crippen LogP contribution in [0.3, 0.4) is 0 Å². The summed E-state index contributed by atoms with van der Waals surface area (Å²) in [4.78, 5) is 1.69. The quantitative estimate of drug-likeness (QED) is 0.771. The van der Waals surface area contributed by atoms with Crippen LogP contribution in [0.25, 0.3) is 0 Å². The first kappa shape index (κ1) is 19.8. The lowest BCUT2D eigenvalue weighted by atomic mass is 9.99. The largest absolute Gasteiger partial charge is 0.497 e. The van der Waals surface area contributed by atoms with Crippen molar-refractivity contribution < 1.29 is 27.6 Å². The van der Waals surface area contributed by atoms with Crippen LogP contribution < -0.4 is 9.64 Å². The molecule has 0 bridgehead atoms. The highest BCUT2D eigenvalue weighted by Crippen LogP contribution is 2.40. The van der Waals surface area contributed by atoms with Crippen molar-refractivity contribution in [1.29, 1.82) is 0 Å². The Balaban J connectivity index is 1.83. The van der Waals surface area contributed by atoms with Gasteiger partial charge in [0.15, 0.2) is 6.54 Å². The van der Waals surface area contributed by atoms with Crippen LogP contribution in [0.15, 0.2) is 48.5 Å². The van der Waals surface area contributed by atoms with Crippen molar-refractivity contribution >= 4 is 11.5 Å². The number of anilines is 1. The summed E-state index contributed by atoms with van der Waals surface area (Å²) in [5.41, 5.74) is -1.21. The standard InChI is InChI=1S/C22H24F3N2O2/c1-29-19-11-9-16(10-12-19)21(28)15-26-13-4-2-3-8-20(26)27(21)18-7-5-6-17(14-18)22(23,24)25/h5-7,9-12,14,28H,2-4,8,13,15H2,1H3/q+1. The van der Waals surface area contributed by atoms with E-state index in [0.717, 1.165) is 43.8 Å². The average molecular weight is 405 g/mol. The van der Waals surface area contributed by atoms with Crippen molar-refractivity contribution in [3.05, 3.63) is 59.7 Å². The molecular formula is C22H24F3N2O2+. The minimum Gasteiger partial charge on any atom is -0.497 e. The van der Waals surface area contributed by atoms with E-state index in [4.69, 9.17) is 4.74 Å². The maximum atomic E-state index is 13.3. The molecule has 2 heterocycles. The van der Waals surface area contributed by atoms with Gasteiger partial charge in [-0.25, -0.2) is 0 Å². The van der Waals surface area contributed by atoms with Crippen molar-refractivity contribution in [3.63, 3.8) is 0 Å². The summed E-state index contributed by atoms with van der Waals surface area (Å²) in [6.07, 6.45) is -0.716. The molecule has 1 atom stereocenters. The van der Waals surface area contributed by atoms with Crippen LogP contribution in [0.4, 0.5) is 18.9 Å². The van der Waals surface area contributed by atoms with E-state index in [1.807, 2.05) is 0 Å². The lowest BCUT2D eigenvalue weighted by Crippen LogP contribution is -2.47. The maximum Gasteiger partial charge on any atom is 0.416 e. The maximum absolute atomic E-state index is 13.3. The monoisotopic (exact) mass is 405 g/mol. The second-order valence-corrected chi connectivity index (χ2v) is 7.58. The number of ether oxygens (including phenoxy) is 1. The van der Waals surface area contributed by atoms with E-state index in [-0.39, 0.29) is 0 Å². The predicted molar refractivity (Wildman–Crippen MR) is 104 cm³/mol. The number of hydrogen-bond donors (Lipinski definition) is 1. The van der Waals surface area contributed by atoms with Crippen LogP contribution in [0.1, 0.15) is 36.8 Å². The molecule has 0 aromatic heterocycles. The molecule has 1 N–H and O–H groups in total. The Morgan fingerprint density at radius 3 is 2.52 bits per heavy atom. The van der Waals surface area contributed by atoms with E-state index < -0.39 is 17.5 Å². The highest BCUT2D eigenvalue weighted by Gasteiger charge is 2.54. The third-order valence-corrected chi connectivity index (χ3v) is 5.72. The minimum absolute atomic E-state index is 0.310. The zero-order valence-electron chi connectivity index (χ0n) is 16.2. The van der Waals surface area contributed by atoms with Gasteiger partial charge in [0.25, 0.3) is 11.6 Å². The van der Waals surface area contributed by atoms with Crippen LogP contribution in [0.2, 0.25) is 0 Å². The summed E-state index contributed by atoms with van der Waals surface area (Å²) < 4.78 is 47.3. The van der Waals surface area contributed by atoms with Gasteiger partial charge in [-0.1, -0.05) is 6.07 Å². The molecule has 7 heteroatoms. The fraction of sp³-hybridized carbons (Fsp3) is 0.409. The molecule has 2 aromatic rings. The van der Waals surface area contributed by atoms with Gasteiger partial charge in [-0.2, -0.15) is 18.1 Å². The van der Waals surface area contributed by atoms with Crippen molar-refractivity contribution in [2.75, 3.05) is 25.1 Å². The lowest BCUT2D eigenvalue weighted by Gasteiger charge is -2.29. The Morgan fingerprint density at radius 2 is 1.83 bits per heavy atom. The number of aliphatic hydroxyl groups is 1. The van der Waals surface area contributed by atoms with Crippen LogP contribution in [-0.2, 0) is 11.9 Å². The van der Waals surface area contributed by atoms with Crippen molar-refractivity contribution in [2.45, 2.75) is 37.6 Å². The summed E-state index contributed by atoms with van der Waals surface area (Å²) in [5, 5.41) is 11.8. The molecule has 0 amide bonds. The van der Waals surface area contributed by atoms with E-state index >= 15 is 0 Å². The molecule has 1 unspecified atom stereocenters. The number of halogens is 3. The predicted octanol–water partition coefficient (Wildman–Crippen LogP) is 4.36. The highest BCUT2D eigenvalue weighted by atomic mass is 19.4. The molecule has 0 spiro atoms. The van der Waals surface area contributed by atoms with Crippen molar-refractivity contribution in [2.24, 2.45) is 0 Å². The molecular weight excluding hydrogens is 381 g/mol. The van der Waals surface area contributed by atoms with Gasteiger partial charge in [0.05, 0.1) is 19.2 Å². The summed E-state index contributed by atoms with van der Waals surface area (Å²) >= 11 is 0. The zero-order chi connectivity index (χ0) is 20.6. The Bertz CT molecular complexity index is 924. The number of nitrogens with zero attached hydrogens (tertiary/aromatic N) is 2. The Hall–Kier alpha value is -2.54. The fourth-order valence-corrected chi connectivity index (χ4v) is 4.29. The van der Waals surface area contributed by atoms with Gasteiger partial charge in [-0.15, -0.1) is 0 Å². The number of amidine groups is 1. The third kappa shape index (κ3) is 3.59. The van der Waals surface area contributed by atoms with Gasteiger partial charge in [0.1, 0.15) is 11.4 Å². The van der Waals surface area contributed by atoms with Crippen molar-refractivity contribution in [1.82, 2.24) is 0 Å². The van der Waals surface area contributed by atoms with Gasteiger partial charge < -0.3 is 9.84 Å². The molecule has 2 aliphatic rings. The topological polar surface area (TPSA) is 35.7 Å². The van der Waals surface area contributed by atoms with Crippen LogP contribution >= 0.6 is 0 Å². The number of rotatable bonds is 3. The first-order valence-electron chi connectivity index (χ1n) is 9.78. The number of methoxy groups -OCH3 is 1. The number of hydrogen-bond acceptors (Lipinski definition) is 3. The Kier molecular flexibility index (Phi) is 5.02. The first-order chi connectivity index (χ1) is 13.8. The third-order valence-electron chi connectivity index (χ3n) is 5.72. The van der Waals surface area contributed by atoms with Crippen LogP contribution in [0.5, 0.6) is 5.75 Å². The van der Waals surface area contributed by atoms with Crippen molar-refractivity contribution in [3.8, 4) is 5.75 Å². The smallest absolute Gasteiger partial charge is 0.416 e. The minimum atomic E-state index is -4.44. The summed E-state index contributed by atoms with van der Waals surface area (Å²) in [6, 6.07) is 12.3. The molecule has 2 aliphatic heterocycles. The second-order valence-electron chi connectivity index (χ2n) is 7.58. The molecule has 154 valence electrons. The zero-order valence-corrected chi connectivity index (χ0v) is 16.2. The number of alkyl halides is 3. The van der Waals surface area contributed by atoms with E-state index in [0.29, 0.717) is 30.0 Å². The Morgan fingerprint density at radius 1 is 1.07 bits per heavy atom. The number of benzene rings is 2. The summed E-state index contributed by atoms with van der Waals surface area (Å²) in [7, 11) is 1.56. The second kappa shape index (κ2) is 7.37. The van der Waals surface area contributed by atoms with Gasteiger partial charge in [0, 0.05) is 12.0 Å². The fourth-order valence-electron chi connectivity index (χ4n) is 4.29. The molecule has 4 nitrogen and oxygen atoms in total. The summed E-state index contributed by atoms with van der Waals surface area (Å²) in [6.45, 7) is 1.09. The molecule has 0 fully saturated rings. The SMILES string of the molecule is COc1ccc(C2(O)C[N+]3=C(CCCCC3)N2c2cccc(C(F)(F)F)c2)cc1. The normalized spacial score (nSPS) is 22.4. The highest BCUT2D eigenvalue weighted by molar-refractivity contribution is 5.97. The average Bonchev–Trinajstić information content (AvgIpc) is 2.83. The van der Waals surface area contributed by atoms with Gasteiger partial charge in [-0.05, 0) is 61.7 Å². The van der Waals surface area contributed by atoms with E-state index in [1.54, 1.807) is 42.3 Å². The van der Waals surface area contributed by atoms with E-state index in [1.165, 1.54) is 6.07 Å². The lowest BCUT2D eigenvalue weighted by molar-refractivity contribution is -0.534. The van der Waals surface area contributed by atoms with E-state index in [2.05, 4.69) is 4.58 Å². The van der Waals surface area contributed by atoms with E-state index in [9.17, 15) is 18.3 Å². The molecule has 29 heavy (non-hydrogen) atoms.